The van der Waals surface area contributed by atoms with Crippen LogP contribution in [0.15, 0.2) is 23.1 Å². The van der Waals surface area contributed by atoms with Crippen molar-refractivity contribution >= 4 is 28.5 Å². The van der Waals surface area contributed by atoms with Gasteiger partial charge in [0.15, 0.2) is 0 Å². The molecular formula is C22H27N3O5. The third kappa shape index (κ3) is 4.37. The Bertz CT molecular complexity index is 1090. The van der Waals surface area contributed by atoms with Crippen molar-refractivity contribution in [3.8, 4) is 5.75 Å². The van der Waals surface area contributed by atoms with Crippen molar-refractivity contribution in [2.24, 2.45) is 7.05 Å². The number of aryl methyl sites for hydroxylation is 1. The lowest BCUT2D eigenvalue weighted by Gasteiger charge is -2.20. The van der Waals surface area contributed by atoms with Crippen LogP contribution in [0.4, 0.5) is 0 Å². The van der Waals surface area contributed by atoms with Crippen LogP contribution in [0.5, 0.6) is 5.75 Å². The Morgan fingerprint density at radius 1 is 1.30 bits per heavy atom. The molecule has 0 unspecified atom stereocenters. The van der Waals surface area contributed by atoms with Crippen molar-refractivity contribution in [2.75, 3.05) is 6.54 Å². The number of allylic oxidation sites excluding steroid dienone is 2. The zero-order valence-electron chi connectivity index (χ0n) is 17.7. The van der Waals surface area contributed by atoms with Gasteiger partial charge in [0.1, 0.15) is 29.1 Å². The molecular weight excluding hydrogens is 386 g/mol. The van der Waals surface area contributed by atoms with Crippen LogP contribution in [0.2, 0.25) is 0 Å². The number of hydrogen-bond donors (Lipinski definition) is 2. The van der Waals surface area contributed by atoms with Crippen molar-refractivity contribution in [2.45, 2.75) is 52.1 Å². The number of rotatable bonds is 4. The molecule has 0 aliphatic heterocycles. The third-order valence-corrected chi connectivity index (χ3v) is 4.92. The zero-order valence-corrected chi connectivity index (χ0v) is 17.7. The quantitative estimate of drug-likeness (QED) is 0.746. The molecule has 2 N–H and O–H groups in total. The molecule has 160 valence electrons. The summed E-state index contributed by atoms with van der Waals surface area (Å²) in [6, 6.07) is 1.78. The average molecular weight is 413 g/mol. The first-order valence-electron chi connectivity index (χ1n) is 10.0. The summed E-state index contributed by atoms with van der Waals surface area (Å²) in [4.78, 5) is 41.6. The lowest BCUT2D eigenvalue weighted by atomic mass is 9.91. The Labute approximate surface area is 174 Å². The number of nitrogens with zero attached hydrogens (tertiary/aromatic N) is 2. The fourth-order valence-electron chi connectivity index (χ4n) is 3.60. The molecule has 1 aliphatic rings. The molecule has 0 spiro atoms. The number of amides is 1. The molecule has 8 heteroatoms. The predicted octanol–water partition coefficient (Wildman–Crippen LogP) is 2.67. The summed E-state index contributed by atoms with van der Waals surface area (Å²) < 4.78 is 6.40. The summed E-state index contributed by atoms with van der Waals surface area (Å²) in [6.45, 7) is 4.73. The first-order chi connectivity index (χ1) is 14.1. The molecule has 0 saturated carbocycles. The molecule has 1 amide bonds. The first kappa shape index (κ1) is 21.5. The van der Waals surface area contributed by atoms with E-state index < -0.39 is 40.9 Å². The number of aromatic hydroxyl groups is 1. The first-order valence-corrected chi connectivity index (χ1v) is 10.0. The standard InChI is InChI=1S/C22H27N3O5/c1-22(2,3)30-15(26)12-24-20(28)17-18(27)16-14(13-8-6-5-7-9-13)10-11-23-19(16)25(4)21(17)29/h8,10-11,27H,5-7,9,12H2,1-4H3,(H,24,28). The van der Waals surface area contributed by atoms with E-state index in [2.05, 4.69) is 16.4 Å². The van der Waals surface area contributed by atoms with Gasteiger partial charge in [0, 0.05) is 13.2 Å². The van der Waals surface area contributed by atoms with Gasteiger partial charge >= 0.3 is 5.97 Å². The van der Waals surface area contributed by atoms with Crippen LogP contribution in [0, 0.1) is 0 Å². The van der Waals surface area contributed by atoms with Gasteiger partial charge in [0.05, 0.1) is 5.39 Å². The van der Waals surface area contributed by atoms with Crippen molar-refractivity contribution in [3.05, 3.63) is 39.8 Å². The van der Waals surface area contributed by atoms with Crippen LogP contribution in [0.1, 0.15) is 62.4 Å². The molecule has 0 aromatic carbocycles. The van der Waals surface area contributed by atoms with Gasteiger partial charge in [0.25, 0.3) is 11.5 Å². The molecule has 30 heavy (non-hydrogen) atoms. The van der Waals surface area contributed by atoms with Gasteiger partial charge in [-0.3, -0.25) is 19.0 Å². The lowest BCUT2D eigenvalue weighted by molar-refractivity contribution is -0.153. The molecule has 2 aromatic rings. The minimum absolute atomic E-state index is 0.296. The van der Waals surface area contributed by atoms with Crippen LogP contribution in [-0.2, 0) is 16.6 Å². The number of nitrogens with one attached hydrogen (secondary N) is 1. The van der Waals surface area contributed by atoms with Crippen molar-refractivity contribution < 1.29 is 19.4 Å². The number of pyridine rings is 2. The number of ether oxygens (including phenoxy) is 1. The van der Waals surface area contributed by atoms with Gasteiger partial charge in [-0.2, -0.15) is 0 Å². The van der Waals surface area contributed by atoms with E-state index in [0.717, 1.165) is 36.8 Å². The van der Waals surface area contributed by atoms with E-state index in [4.69, 9.17) is 4.74 Å². The number of aromatic nitrogens is 2. The second-order valence-corrected chi connectivity index (χ2v) is 8.39. The summed E-state index contributed by atoms with van der Waals surface area (Å²) in [5, 5.41) is 13.7. The Hall–Kier alpha value is -3.16. The second kappa shape index (κ2) is 8.30. The molecule has 0 saturated heterocycles. The van der Waals surface area contributed by atoms with Crippen molar-refractivity contribution in [3.63, 3.8) is 0 Å². The number of carbonyl (C=O) groups is 2. The third-order valence-electron chi connectivity index (χ3n) is 4.92. The van der Waals surface area contributed by atoms with E-state index in [1.807, 2.05) is 0 Å². The fourth-order valence-corrected chi connectivity index (χ4v) is 3.60. The maximum absolute atomic E-state index is 12.8. The second-order valence-electron chi connectivity index (χ2n) is 8.39. The summed E-state index contributed by atoms with van der Waals surface area (Å²) in [7, 11) is 1.50. The maximum Gasteiger partial charge on any atom is 0.325 e. The fraction of sp³-hybridized carbons (Fsp3) is 0.455. The monoisotopic (exact) mass is 413 g/mol. The molecule has 2 aromatic heterocycles. The van der Waals surface area contributed by atoms with Gasteiger partial charge in [0.2, 0.25) is 0 Å². The van der Waals surface area contributed by atoms with Crippen LogP contribution in [0.25, 0.3) is 16.6 Å². The number of hydrogen-bond acceptors (Lipinski definition) is 6. The summed E-state index contributed by atoms with van der Waals surface area (Å²) in [5.41, 5.74) is 0.308. The molecule has 0 fully saturated rings. The van der Waals surface area contributed by atoms with Gasteiger partial charge in [-0.05, 0) is 63.7 Å². The SMILES string of the molecule is Cn1c(=O)c(C(=O)NCC(=O)OC(C)(C)C)c(O)c2c(C3=CCCCC3)ccnc21. The molecule has 1 aliphatic carbocycles. The molecule has 0 atom stereocenters. The van der Waals surface area contributed by atoms with E-state index >= 15 is 0 Å². The molecule has 0 bridgehead atoms. The topological polar surface area (TPSA) is 111 Å². The highest BCUT2D eigenvalue weighted by atomic mass is 16.6. The van der Waals surface area contributed by atoms with Crippen molar-refractivity contribution in [1.82, 2.24) is 14.9 Å². The minimum atomic E-state index is -0.840. The van der Waals surface area contributed by atoms with Crippen LogP contribution in [0.3, 0.4) is 0 Å². The Kier molecular flexibility index (Phi) is 5.96. The van der Waals surface area contributed by atoms with Crippen LogP contribution < -0.4 is 10.9 Å². The van der Waals surface area contributed by atoms with E-state index in [1.165, 1.54) is 11.6 Å². The Balaban J connectivity index is 2.03. The predicted molar refractivity (Wildman–Crippen MR) is 113 cm³/mol. The van der Waals surface area contributed by atoms with Crippen molar-refractivity contribution in [1.29, 1.82) is 0 Å². The smallest absolute Gasteiger partial charge is 0.325 e. The lowest BCUT2D eigenvalue weighted by Crippen LogP contribution is -2.37. The molecule has 0 radical (unpaired) electrons. The van der Waals surface area contributed by atoms with Gasteiger partial charge < -0.3 is 15.2 Å². The van der Waals surface area contributed by atoms with E-state index in [9.17, 15) is 19.5 Å². The van der Waals surface area contributed by atoms with E-state index in [-0.39, 0.29) is 0 Å². The Morgan fingerprint density at radius 2 is 2.03 bits per heavy atom. The highest BCUT2D eigenvalue weighted by Crippen LogP contribution is 2.35. The summed E-state index contributed by atoms with van der Waals surface area (Å²) in [5.74, 6) is -1.90. The molecule has 2 heterocycles. The summed E-state index contributed by atoms with van der Waals surface area (Å²) >= 11 is 0. The minimum Gasteiger partial charge on any atom is -0.506 e. The average Bonchev–Trinajstić information content (AvgIpc) is 2.69. The van der Waals surface area contributed by atoms with E-state index in [0.29, 0.717) is 11.0 Å². The number of esters is 1. The maximum atomic E-state index is 12.8. The highest BCUT2D eigenvalue weighted by molar-refractivity contribution is 6.05. The van der Waals surface area contributed by atoms with Gasteiger partial charge in [-0.15, -0.1) is 0 Å². The Morgan fingerprint density at radius 3 is 2.67 bits per heavy atom. The zero-order chi connectivity index (χ0) is 22.1. The largest absolute Gasteiger partial charge is 0.506 e. The normalized spacial score (nSPS) is 14.3. The summed E-state index contributed by atoms with van der Waals surface area (Å²) in [6.07, 6.45) is 7.64. The van der Waals surface area contributed by atoms with E-state index in [1.54, 1.807) is 33.0 Å². The molecule has 8 nitrogen and oxygen atoms in total. The molecule has 3 rings (SSSR count). The number of carbonyl (C=O) groups excluding carboxylic acids is 2. The van der Waals surface area contributed by atoms with Gasteiger partial charge in [-0.25, -0.2) is 4.98 Å². The van der Waals surface area contributed by atoms with Crippen LogP contribution >= 0.6 is 0 Å². The highest BCUT2D eigenvalue weighted by Gasteiger charge is 2.25. The van der Waals surface area contributed by atoms with Gasteiger partial charge in [-0.1, -0.05) is 6.08 Å². The number of fused-ring (bicyclic) bond motifs is 1. The van der Waals surface area contributed by atoms with Crippen LogP contribution in [-0.4, -0.2) is 38.7 Å².